The van der Waals surface area contributed by atoms with Crippen molar-refractivity contribution in [1.82, 2.24) is 12.3 Å². The molecule has 0 fully saturated rings. The van der Waals surface area contributed by atoms with Crippen LogP contribution in [0.1, 0.15) is 46.0 Å². The fourth-order valence-corrected chi connectivity index (χ4v) is 0.696. The van der Waals surface area contributed by atoms with E-state index in [9.17, 15) is 9.90 Å². The second-order valence-corrected chi connectivity index (χ2v) is 2.47. The third-order valence-electron chi connectivity index (χ3n) is 1.23. The molecule has 0 aromatic carbocycles. The van der Waals surface area contributed by atoms with E-state index >= 15 is 0 Å². The Kier molecular flexibility index (Phi) is 38.0. The lowest BCUT2D eigenvalue weighted by Gasteiger charge is -1.99. The van der Waals surface area contributed by atoms with E-state index < -0.39 is 5.97 Å². The molecule has 0 spiro atoms. The molecule has 0 bridgehead atoms. The molecule has 5 nitrogen and oxygen atoms in total. The lowest BCUT2D eigenvalue weighted by Crippen LogP contribution is -2.21. The quantitative estimate of drug-likeness (QED) is 0.650. The Labute approximate surface area is 86.7 Å². The van der Waals surface area contributed by atoms with E-state index in [0.717, 1.165) is 25.7 Å². The standard InChI is InChI=1S/C7H14O2.C2H5O.2H3N/c1-2-3-4-5-6-7(8)9;1-2-3;;/h2-6H2,1H3,(H,8,9);2H2,1H3;2*1H3/q;-1;;/p+1. The summed E-state index contributed by atoms with van der Waals surface area (Å²) in [6.07, 6.45) is 4.29. The molecule has 0 atom stereocenters. The van der Waals surface area contributed by atoms with E-state index in [4.69, 9.17) is 5.11 Å². The van der Waals surface area contributed by atoms with Crippen molar-refractivity contribution >= 4 is 5.97 Å². The van der Waals surface area contributed by atoms with E-state index in [0.29, 0.717) is 0 Å². The van der Waals surface area contributed by atoms with Crippen molar-refractivity contribution < 1.29 is 15.0 Å². The van der Waals surface area contributed by atoms with Crippen molar-refractivity contribution in [2.75, 3.05) is 6.61 Å². The Morgan fingerprint density at radius 2 is 1.50 bits per heavy atom. The zero-order valence-corrected chi connectivity index (χ0v) is 9.97. The Bertz CT molecular complexity index is 100. The number of aliphatic carboxylic acids is 1. The smallest absolute Gasteiger partial charge is 0.0414 e. The SMILES string of the molecule is CCCCCCC(=O)[O-].CC[O-].[NH4+].[NH4+]. The molecule has 0 saturated carbocycles. The van der Waals surface area contributed by atoms with Crippen molar-refractivity contribution in [3.63, 3.8) is 0 Å². The van der Waals surface area contributed by atoms with Gasteiger partial charge in [0, 0.05) is 5.97 Å². The lowest BCUT2D eigenvalue weighted by molar-refractivity contribution is -0.361. The number of carboxylic acids is 1. The number of quaternary nitrogens is 2. The van der Waals surface area contributed by atoms with E-state index in [1.807, 2.05) is 0 Å². The van der Waals surface area contributed by atoms with Crippen molar-refractivity contribution in [3.05, 3.63) is 0 Å². The molecular formula is C9H26N2O3. The fourth-order valence-electron chi connectivity index (χ4n) is 0.696. The van der Waals surface area contributed by atoms with Gasteiger partial charge in [0.2, 0.25) is 0 Å². The maximum absolute atomic E-state index is 9.85. The predicted molar refractivity (Wildman–Crippen MR) is 56.3 cm³/mol. The molecule has 0 rings (SSSR count). The van der Waals surface area contributed by atoms with Crippen LogP contribution in [0, 0.1) is 0 Å². The Hall–Kier alpha value is -0.650. The highest BCUT2D eigenvalue weighted by Gasteiger charge is 1.86. The Morgan fingerprint density at radius 1 is 1.07 bits per heavy atom. The predicted octanol–water partition coefficient (Wildman–Crippen LogP) is 0.826. The minimum Gasteiger partial charge on any atom is -0.855 e. The van der Waals surface area contributed by atoms with Crippen LogP contribution in [-0.4, -0.2) is 12.6 Å². The van der Waals surface area contributed by atoms with Gasteiger partial charge < -0.3 is 27.3 Å². The maximum Gasteiger partial charge on any atom is 0.0414 e. The van der Waals surface area contributed by atoms with E-state index in [1.54, 1.807) is 6.92 Å². The van der Waals surface area contributed by atoms with Gasteiger partial charge in [0.05, 0.1) is 0 Å². The van der Waals surface area contributed by atoms with Crippen LogP contribution in [0.4, 0.5) is 0 Å². The van der Waals surface area contributed by atoms with Crippen molar-refractivity contribution in [1.29, 1.82) is 0 Å². The molecule has 90 valence electrons. The minimum atomic E-state index is -0.925. The van der Waals surface area contributed by atoms with Gasteiger partial charge in [-0.3, -0.25) is 0 Å². The van der Waals surface area contributed by atoms with Gasteiger partial charge in [-0.15, -0.1) is 6.61 Å². The fraction of sp³-hybridized carbons (Fsp3) is 0.889. The van der Waals surface area contributed by atoms with Crippen molar-refractivity contribution in [2.45, 2.75) is 46.0 Å². The summed E-state index contributed by atoms with van der Waals surface area (Å²) >= 11 is 0. The molecule has 0 aromatic rings. The minimum absolute atomic E-state index is 0. The molecule has 0 amide bonds. The monoisotopic (exact) mass is 210 g/mol. The molecule has 0 heterocycles. The zero-order valence-electron chi connectivity index (χ0n) is 9.97. The third-order valence-corrected chi connectivity index (χ3v) is 1.23. The number of hydrogen-bond acceptors (Lipinski definition) is 3. The molecule has 0 aromatic heterocycles. The summed E-state index contributed by atoms with van der Waals surface area (Å²) in [6.45, 7) is 3.67. The summed E-state index contributed by atoms with van der Waals surface area (Å²) in [5.41, 5.74) is 0. The van der Waals surface area contributed by atoms with Gasteiger partial charge in [-0.1, -0.05) is 33.1 Å². The van der Waals surface area contributed by atoms with Crippen LogP contribution in [0.3, 0.4) is 0 Å². The molecule has 5 heteroatoms. The molecule has 0 unspecified atom stereocenters. The molecule has 0 aliphatic carbocycles. The van der Waals surface area contributed by atoms with Crippen LogP contribution in [-0.2, 0) is 4.79 Å². The first-order valence-electron chi connectivity index (χ1n) is 4.46. The van der Waals surface area contributed by atoms with Crippen LogP contribution in [0.5, 0.6) is 0 Å². The second kappa shape index (κ2) is 22.8. The van der Waals surface area contributed by atoms with Gasteiger partial charge in [0.1, 0.15) is 0 Å². The van der Waals surface area contributed by atoms with Crippen LogP contribution >= 0.6 is 0 Å². The zero-order chi connectivity index (χ0) is 9.82. The molecule has 14 heavy (non-hydrogen) atoms. The maximum atomic E-state index is 9.85. The van der Waals surface area contributed by atoms with Crippen LogP contribution in [0.25, 0.3) is 0 Å². The normalized spacial score (nSPS) is 7.36. The first kappa shape index (κ1) is 23.3. The van der Waals surface area contributed by atoms with Gasteiger partial charge in [-0.2, -0.15) is 0 Å². The number of carbonyl (C=O) groups is 1. The summed E-state index contributed by atoms with van der Waals surface area (Å²) < 4.78 is 0. The average Bonchev–Trinajstić information content (AvgIpc) is 1.99. The number of hydrogen-bond donors (Lipinski definition) is 2. The summed E-state index contributed by atoms with van der Waals surface area (Å²) in [5.74, 6) is -0.925. The first-order valence-corrected chi connectivity index (χ1v) is 4.46. The summed E-state index contributed by atoms with van der Waals surface area (Å²) in [4.78, 5) is 9.85. The Morgan fingerprint density at radius 3 is 1.79 bits per heavy atom. The van der Waals surface area contributed by atoms with Gasteiger partial charge in [0.25, 0.3) is 0 Å². The average molecular weight is 210 g/mol. The van der Waals surface area contributed by atoms with E-state index in [1.165, 1.54) is 0 Å². The van der Waals surface area contributed by atoms with Gasteiger partial charge >= 0.3 is 0 Å². The van der Waals surface area contributed by atoms with Crippen LogP contribution < -0.4 is 22.5 Å². The number of carbonyl (C=O) groups excluding carboxylic acids is 1. The van der Waals surface area contributed by atoms with E-state index in [2.05, 4.69) is 6.92 Å². The van der Waals surface area contributed by atoms with E-state index in [-0.39, 0.29) is 25.3 Å². The molecule has 0 saturated heterocycles. The van der Waals surface area contributed by atoms with Gasteiger partial charge in [-0.05, 0) is 12.8 Å². The van der Waals surface area contributed by atoms with Crippen LogP contribution in [0.2, 0.25) is 0 Å². The van der Waals surface area contributed by atoms with Crippen molar-refractivity contribution in [3.8, 4) is 0 Å². The molecule has 0 radical (unpaired) electrons. The van der Waals surface area contributed by atoms with Gasteiger partial charge in [0.15, 0.2) is 0 Å². The summed E-state index contributed by atoms with van der Waals surface area (Å²) in [7, 11) is 0. The topological polar surface area (TPSA) is 136 Å². The second-order valence-electron chi connectivity index (χ2n) is 2.47. The highest BCUT2D eigenvalue weighted by atomic mass is 16.4. The molecule has 8 N–H and O–H groups in total. The highest BCUT2D eigenvalue weighted by Crippen LogP contribution is 2.00. The van der Waals surface area contributed by atoms with Crippen molar-refractivity contribution in [2.24, 2.45) is 0 Å². The number of unbranched alkanes of at least 4 members (excludes halogenated alkanes) is 3. The first-order chi connectivity index (χ1) is 5.68. The van der Waals surface area contributed by atoms with Gasteiger partial charge in [-0.25, -0.2) is 0 Å². The number of carboxylic acid groups (broad SMARTS) is 1. The summed E-state index contributed by atoms with van der Waals surface area (Å²) in [5, 5.41) is 18.8. The third kappa shape index (κ3) is 42.5. The lowest BCUT2D eigenvalue weighted by atomic mass is 10.2. The van der Waals surface area contributed by atoms with Crippen LogP contribution in [0.15, 0.2) is 0 Å². The number of rotatable bonds is 5. The highest BCUT2D eigenvalue weighted by molar-refractivity contribution is 5.63. The summed E-state index contributed by atoms with van der Waals surface area (Å²) in [6, 6.07) is 0. The largest absolute Gasteiger partial charge is 0.855 e. The Balaban J connectivity index is -0.0000000891. The molecule has 0 aliphatic heterocycles. The molecule has 0 aliphatic rings. The molecular weight excluding hydrogens is 184 g/mol.